The quantitative estimate of drug-likeness (QED) is 0.348. The predicted octanol–water partition coefficient (Wildman–Crippen LogP) is 4.34. The van der Waals surface area contributed by atoms with Gasteiger partial charge in [0.1, 0.15) is 0 Å². The van der Waals surface area contributed by atoms with Gasteiger partial charge in [-0.3, -0.25) is 4.79 Å². The lowest BCUT2D eigenvalue weighted by Crippen LogP contribution is -2.31. The smallest absolute Gasteiger partial charge is 0.331 e. The first-order chi connectivity index (χ1) is 14.9. The minimum absolute atomic E-state index is 0.239. The Morgan fingerprint density at radius 1 is 0.935 bits per heavy atom. The van der Waals surface area contributed by atoms with Crippen LogP contribution in [-0.2, 0) is 19.6 Å². The van der Waals surface area contributed by atoms with Crippen LogP contribution in [0.25, 0.3) is 6.08 Å². The summed E-state index contributed by atoms with van der Waals surface area (Å²) >= 11 is 5.78. The van der Waals surface area contributed by atoms with Crippen LogP contribution < -0.4 is 0 Å². The van der Waals surface area contributed by atoms with Crippen LogP contribution in [0.15, 0.2) is 59.5 Å². The van der Waals surface area contributed by atoms with E-state index in [0.717, 1.165) is 25.7 Å². The van der Waals surface area contributed by atoms with E-state index in [1.54, 1.807) is 40.7 Å². The normalized spacial score (nSPS) is 15.5. The van der Waals surface area contributed by atoms with Gasteiger partial charge >= 0.3 is 5.97 Å². The number of carbonyl (C=O) groups excluding carboxylic acids is 2. The van der Waals surface area contributed by atoms with E-state index in [2.05, 4.69) is 0 Å². The number of halogens is 1. The number of nitrogens with zero attached hydrogens (tertiary/aromatic N) is 1. The van der Waals surface area contributed by atoms with Crippen molar-refractivity contribution in [2.75, 3.05) is 19.7 Å². The largest absolute Gasteiger partial charge is 0.454 e. The summed E-state index contributed by atoms with van der Waals surface area (Å²) in [6.07, 6.45) is 6.57. The number of Topliss-reactive ketones (excluding diaryl/α,β-unsaturated/α-hetero) is 1. The number of benzene rings is 2. The Morgan fingerprint density at radius 3 is 2.16 bits per heavy atom. The third kappa shape index (κ3) is 6.50. The van der Waals surface area contributed by atoms with Gasteiger partial charge in [0.15, 0.2) is 12.4 Å². The first-order valence-corrected chi connectivity index (χ1v) is 11.9. The van der Waals surface area contributed by atoms with Crippen molar-refractivity contribution in [2.45, 2.75) is 30.6 Å². The Labute approximate surface area is 187 Å². The van der Waals surface area contributed by atoms with Crippen molar-refractivity contribution >= 4 is 39.5 Å². The molecular weight excluding hydrogens is 438 g/mol. The second-order valence-electron chi connectivity index (χ2n) is 7.26. The van der Waals surface area contributed by atoms with Gasteiger partial charge in [-0.25, -0.2) is 13.2 Å². The molecule has 0 unspecified atom stereocenters. The lowest BCUT2D eigenvalue weighted by atomic mass is 10.1. The van der Waals surface area contributed by atoms with Gasteiger partial charge in [0.2, 0.25) is 10.0 Å². The standard InChI is InChI=1S/C23H24ClNO5S/c24-20-10-8-19(9-11-20)22(26)17-30-23(27)14-7-18-5-12-21(13-6-18)31(28,29)25-15-3-1-2-4-16-25/h5-14H,1-4,15-17H2. The zero-order valence-corrected chi connectivity index (χ0v) is 18.6. The Hall–Kier alpha value is -2.48. The third-order valence-electron chi connectivity index (χ3n) is 5.01. The van der Waals surface area contributed by atoms with Gasteiger partial charge in [-0.2, -0.15) is 4.31 Å². The molecule has 0 spiro atoms. The summed E-state index contributed by atoms with van der Waals surface area (Å²) in [6.45, 7) is 0.715. The van der Waals surface area contributed by atoms with E-state index in [9.17, 15) is 18.0 Å². The minimum atomic E-state index is -3.51. The highest BCUT2D eigenvalue weighted by molar-refractivity contribution is 7.89. The Balaban J connectivity index is 1.55. The fourth-order valence-corrected chi connectivity index (χ4v) is 4.89. The molecule has 3 rings (SSSR count). The summed E-state index contributed by atoms with van der Waals surface area (Å²) in [5.74, 6) is -0.995. The Kier molecular flexibility index (Phi) is 8.01. The second-order valence-corrected chi connectivity index (χ2v) is 9.63. The van der Waals surface area contributed by atoms with Crippen LogP contribution in [0.5, 0.6) is 0 Å². The molecule has 1 aliphatic heterocycles. The number of esters is 1. The van der Waals surface area contributed by atoms with Gasteiger partial charge in [0.05, 0.1) is 4.90 Å². The highest BCUT2D eigenvalue weighted by Gasteiger charge is 2.24. The number of hydrogen-bond acceptors (Lipinski definition) is 5. The van der Waals surface area contributed by atoms with Crippen LogP contribution in [-0.4, -0.2) is 44.2 Å². The maximum absolute atomic E-state index is 12.8. The monoisotopic (exact) mass is 461 g/mol. The first kappa shape index (κ1) is 23.2. The molecule has 0 aromatic heterocycles. The van der Waals surface area contributed by atoms with Crippen molar-refractivity contribution in [1.29, 1.82) is 0 Å². The molecule has 0 aliphatic carbocycles. The van der Waals surface area contributed by atoms with Crippen LogP contribution in [0, 0.1) is 0 Å². The number of carbonyl (C=O) groups is 2. The molecule has 8 heteroatoms. The molecule has 31 heavy (non-hydrogen) atoms. The van der Waals surface area contributed by atoms with Crippen LogP contribution in [0.4, 0.5) is 0 Å². The van der Waals surface area contributed by atoms with E-state index >= 15 is 0 Å². The van der Waals surface area contributed by atoms with E-state index in [1.165, 1.54) is 24.3 Å². The lowest BCUT2D eigenvalue weighted by molar-refractivity contribution is -0.136. The summed E-state index contributed by atoms with van der Waals surface area (Å²) in [5.41, 5.74) is 1.05. The van der Waals surface area contributed by atoms with Gasteiger partial charge in [-0.05, 0) is 60.9 Å². The van der Waals surface area contributed by atoms with Crippen LogP contribution in [0.1, 0.15) is 41.6 Å². The van der Waals surface area contributed by atoms with Crippen molar-refractivity contribution < 1.29 is 22.7 Å². The molecule has 2 aromatic carbocycles. The molecule has 0 radical (unpaired) electrons. The highest BCUT2D eigenvalue weighted by Crippen LogP contribution is 2.21. The number of ketones is 1. The number of ether oxygens (including phenoxy) is 1. The molecule has 1 fully saturated rings. The molecule has 0 atom stereocenters. The molecule has 164 valence electrons. The molecule has 1 heterocycles. The minimum Gasteiger partial charge on any atom is -0.454 e. The fourth-order valence-electron chi connectivity index (χ4n) is 3.25. The van der Waals surface area contributed by atoms with E-state index in [0.29, 0.717) is 29.2 Å². The van der Waals surface area contributed by atoms with Crippen LogP contribution >= 0.6 is 11.6 Å². The van der Waals surface area contributed by atoms with E-state index in [1.807, 2.05) is 0 Å². The highest BCUT2D eigenvalue weighted by atomic mass is 35.5. The summed E-state index contributed by atoms with van der Waals surface area (Å²) in [7, 11) is -3.51. The van der Waals surface area contributed by atoms with Crippen molar-refractivity contribution in [3.63, 3.8) is 0 Å². The predicted molar refractivity (Wildman–Crippen MR) is 119 cm³/mol. The van der Waals surface area contributed by atoms with Crippen molar-refractivity contribution in [3.05, 3.63) is 70.8 Å². The van der Waals surface area contributed by atoms with Crippen molar-refractivity contribution in [2.24, 2.45) is 0 Å². The van der Waals surface area contributed by atoms with Gasteiger partial charge in [0, 0.05) is 29.8 Å². The molecule has 1 aliphatic rings. The molecule has 0 saturated carbocycles. The zero-order chi connectivity index (χ0) is 22.3. The Bertz CT molecular complexity index is 1040. The topological polar surface area (TPSA) is 80.8 Å². The maximum atomic E-state index is 12.8. The van der Waals surface area contributed by atoms with E-state index in [-0.39, 0.29) is 17.3 Å². The molecule has 6 nitrogen and oxygen atoms in total. The average molecular weight is 462 g/mol. The molecule has 2 aromatic rings. The summed E-state index contributed by atoms with van der Waals surface area (Å²) in [6, 6.07) is 12.6. The molecule has 0 bridgehead atoms. The summed E-state index contributed by atoms with van der Waals surface area (Å²) in [5, 5.41) is 0.515. The second kappa shape index (κ2) is 10.7. The molecule has 1 saturated heterocycles. The SMILES string of the molecule is O=C(C=Cc1ccc(S(=O)(=O)N2CCCCCC2)cc1)OCC(=O)c1ccc(Cl)cc1. The third-order valence-corrected chi connectivity index (χ3v) is 7.17. The summed E-state index contributed by atoms with van der Waals surface area (Å²) in [4.78, 5) is 24.1. The zero-order valence-electron chi connectivity index (χ0n) is 17.0. The molecule has 0 amide bonds. The fraction of sp³-hybridized carbons (Fsp3) is 0.304. The van der Waals surface area contributed by atoms with Gasteiger partial charge < -0.3 is 4.74 Å². The first-order valence-electron chi connectivity index (χ1n) is 10.1. The van der Waals surface area contributed by atoms with Crippen molar-refractivity contribution in [3.8, 4) is 0 Å². The maximum Gasteiger partial charge on any atom is 0.331 e. The van der Waals surface area contributed by atoms with Gasteiger partial charge in [-0.15, -0.1) is 0 Å². The lowest BCUT2D eigenvalue weighted by Gasteiger charge is -2.19. The average Bonchev–Trinajstić information content (AvgIpc) is 3.07. The van der Waals surface area contributed by atoms with Crippen LogP contribution in [0.3, 0.4) is 0 Å². The Morgan fingerprint density at radius 2 is 1.55 bits per heavy atom. The summed E-state index contributed by atoms with van der Waals surface area (Å²) < 4.78 is 32.1. The number of sulfonamides is 1. The number of hydrogen-bond donors (Lipinski definition) is 0. The molecular formula is C23H24ClNO5S. The number of rotatable bonds is 7. The van der Waals surface area contributed by atoms with Crippen LogP contribution in [0.2, 0.25) is 5.02 Å². The van der Waals surface area contributed by atoms with Gasteiger partial charge in [-0.1, -0.05) is 36.6 Å². The van der Waals surface area contributed by atoms with E-state index < -0.39 is 16.0 Å². The van der Waals surface area contributed by atoms with Crippen molar-refractivity contribution in [1.82, 2.24) is 4.31 Å². The van der Waals surface area contributed by atoms with Gasteiger partial charge in [0.25, 0.3) is 0 Å². The molecule has 0 N–H and O–H groups in total. The van der Waals surface area contributed by atoms with E-state index in [4.69, 9.17) is 16.3 Å².